The zero-order valence-corrected chi connectivity index (χ0v) is 26.2. The van der Waals surface area contributed by atoms with Gasteiger partial charge < -0.3 is 25.0 Å². The van der Waals surface area contributed by atoms with E-state index in [1.54, 1.807) is 32.3 Å². The predicted molar refractivity (Wildman–Crippen MR) is 164 cm³/mol. The van der Waals surface area contributed by atoms with Crippen LogP contribution >= 0.6 is 0 Å². The third-order valence-electron chi connectivity index (χ3n) is 8.60. The second-order valence-corrected chi connectivity index (χ2v) is 12.3. The van der Waals surface area contributed by atoms with Crippen molar-refractivity contribution in [1.82, 2.24) is 20.4 Å². The highest BCUT2D eigenvalue weighted by Gasteiger charge is 2.46. The molecule has 0 bridgehead atoms. The van der Waals surface area contributed by atoms with Gasteiger partial charge in [-0.25, -0.2) is 0 Å². The summed E-state index contributed by atoms with van der Waals surface area (Å²) in [5.41, 5.74) is 0.567. The lowest BCUT2D eigenvalue weighted by atomic mass is 9.85. The van der Waals surface area contributed by atoms with E-state index in [0.717, 1.165) is 5.57 Å². The number of carbonyl (C=O) groups excluding carboxylic acids is 3. The molecule has 43 heavy (non-hydrogen) atoms. The molecule has 4 rings (SSSR count). The van der Waals surface area contributed by atoms with Gasteiger partial charge in [-0.2, -0.15) is 0 Å². The van der Waals surface area contributed by atoms with Crippen LogP contribution in [-0.2, 0) is 14.3 Å². The zero-order chi connectivity index (χ0) is 31.7. The van der Waals surface area contributed by atoms with E-state index < -0.39 is 23.3 Å². The van der Waals surface area contributed by atoms with Crippen LogP contribution in [0.1, 0.15) is 88.7 Å². The normalized spacial score (nSPS) is 24.3. The molecule has 2 unspecified atom stereocenters. The average molecular weight is 590 g/mol. The maximum atomic E-state index is 13.7. The third kappa shape index (κ3) is 6.26. The maximum absolute atomic E-state index is 13.7. The fourth-order valence-electron chi connectivity index (χ4n) is 6.12. The maximum Gasteiger partial charge on any atom is 0.263 e. The van der Waals surface area contributed by atoms with Gasteiger partial charge in [-0.1, -0.05) is 26.0 Å². The van der Waals surface area contributed by atoms with Crippen LogP contribution < -0.4 is 15.4 Å². The topological polar surface area (TPSA) is 124 Å². The van der Waals surface area contributed by atoms with Gasteiger partial charge in [-0.05, 0) is 57.7 Å². The Bertz CT molecular complexity index is 1390. The van der Waals surface area contributed by atoms with Crippen molar-refractivity contribution in [3.63, 3.8) is 0 Å². The van der Waals surface area contributed by atoms with E-state index in [1.807, 2.05) is 46.8 Å². The molecule has 0 saturated carbocycles. The van der Waals surface area contributed by atoms with Crippen LogP contribution in [0.5, 0.6) is 5.75 Å². The van der Waals surface area contributed by atoms with Crippen LogP contribution in [0.2, 0.25) is 0 Å². The van der Waals surface area contributed by atoms with E-state index in [-0.39, 0.29) is 42.6 Å². The summed E-state index contributed by atoms with van der Waals surface area (Å²) in [4.78, 5) is 43.2. The summed E-state index contributed by atoms with van der Waals surface area (Å²) in [6, 6.07) is 3.92. The molecule has 1 saturated heterocycles. The quantitative estimate of drug-likeness (QED) is 0.413. The second-order valence-electron chi connectivity index (χ2n) is 12.3. The first kappa shape index (κ1) is 31.7. The molecule has 230 valence electrons. The number of carbonyl (C=O) groups is 3. The van der Waals surface area contributed by atoms with Gasteiger partial charge in [0.15, 0.2) is 17.8 Å². The summed E-state index contributed by atoms with van der Waals surface area (Å²) in [6.07, 6.45) is 10.8. The van der Waals surface area contributed by atoms with Gasteiger partial charge in [0, 0.05) is 49.2 Å². The molecule has 10 heteroatoms. The number of fused-ring (bicyclic) bond motifs is 1. The first-order valence-corrected chi connectivity index (χ1v) is 14.8. The van der Waals surface area contributed by atoms with Crippen molar-refractivity contribution in [2.24, 2.45) is 0 Å². The van der Waals surface area contributed by atoms with Crippen molar-refractivity contribution in [3.05, 3.63) is 52.8 Å². The molecule has 3 atom stereocenters. The Kier molecular flexibility index (Phi) is 8.95. The van der Waals surface area contributed by atoms with E-state index >= 15 is 0 Å². The van der Waals surface area contributed by atoms with Gasteiger partial charge in [0.1, 0.15) is 11.4 Å². The molecular weight excluding hydrogens is 546 g/mol. The third-order valence-corrected chi connectivity index (χ3v) is 8.60. The van der Waals surface area contributed by atoms with Gasteiger partial charge in [0.05, 0.1) is 18.5 Å². The Hall–Kier alpha value is -4.26. The Morgan fingerprint density at radius 1 is 1.28 bits per heavy atom. The number of benzene rings is 1. The average Bonchev–Trinajstić information content (AvgIpc) is 2.96. The van der Waals surface area contributed by atoms with E-state index in [2.05, 4.69) is 16.6 Å². The fraction of sp³-hybridized carbons (Fsp3) is 0.515. The van der Waals surface area contributed by atoms with Crippen molar-refractivity contribution >= 4 is 23.7 Å². The fourth-order valence-corrected chi connectivity index (χ4v) is 6.12. The number of nitrogens with zero attached hydrogens (tertiary/aromatic N) is 2. The number of terminal acetylenes is 1. The number of guanidine groups is 1. The molecule has 1 aromatic carbocycles. The van der Waals surface area contributed by atoms with E-state index in [9.17, 15) is 14.4 Å². The van der Waals surface area contributed by atoms with Crippen LogP contribution in [0.3, 0.4) is 0 Å². The Balaban J connectivity index is 1.71. The lowest BCUT2D eigenvalue weighted by Crippen LogP contribution is -2.63. The molecule has 3 aliphatic rings. The van der Waals surface area contributed by atoms with Crippen LogP contribution in [0.25, 0.3) is 0 Å². The first-order valence-electron chi connectivity index (χ1n) is 14.8. The molecule has 0 spiro atoms. The summed E-state index contributed by atoms with van der Waals surface area (Å²) in [5, 5.41) is 15.2. The molecule has 3 N–H and O–H groups in total. The lowest BCUT2D eigenvalue weighted by Gasteiger charge is -2.46. The van der Waals surface area contributed by atoms with E-state index in [0.29, 0.717) is 41.9 Å². The van der Waals surface area contributed by atoms with Crippen LogP contribution in [0.15, 0.2) is 41.7 Å². The molecule has 1 aromatic rings. The number of hydrogen-bond donors (Lipinski definition) is 3. The van der Waals surface area contributed by atoms with Gasteiger partial charge >= 0.3 is 0 Å². The van der Waals surface area contributed by atoms with E-state index in [1.165, 1.54) is 9.80 Å². The highest BCUT2D eigenvalue weighted by atomic mass is 16.5. The molecule has 3 amide bonds. The molecule has 1 fully saturated rings. The van der Waals surface area contributed by atoms with Gasteiger partial charge in [0.2, 0.25) is 5.91 Å². The van der Waals surface area contributed by atoms with Crippen LogP contribution in [-0.4, -0.2) is 70.9 Å². The van der Waals surface area contributed by atoms with Gasteiger partial charge in [0.25, 0.3) is 11.8 Å². The first-order chi connectivity index (χ1) is 20.3. The van der Waals surface area contributed by atoms with Crippen molar-refractivity contribution in [3.8, 4) is 18.1 Å². The number of amides is 3. The van der Waals surface area contributed by atoms with Crippen LogP contribution in [0, 0.1) is 17.8 Å². The van der Waals surface area contributed by atoms with Crippen molar-refractivity contribution < 1.29 is 23.9 Å². The molecule has 0 aliphatic carbocycles. The largest absolute Gasteiger partial charge is 0.480 e. The minimum Gasteiger partial charge on any atom is -0.480 e. The summed E-state index contributed by atoms with van der Waals surface area (Å²) in [6.45, 7) is 9.71. The molecule has 3 aliphatic heterocycles. The van der Waals surface area contributed by atoms with Gasteiger partial charge in [-0.3, -0.25) is 24.7 Å². The van der Waals surface area contributed by atoms with Gasteiger partial charge in [-0.15, -0.1) is 6.42 Å². The molecule has 0 aromatic heterocycles. The Labute approximate surface area is 254 Å². The summed E-state index contributed by atoms with van der Waals surface area (Å²) >= 11 is 0. The van der Waals surface area contributed by atoms with Crippen molar-refractivity contribution in [2.45, 2.75) is 96.1 Å². The molecular formula is C33H43N5O5. The summed E-state index contributed by atoms with van der Waals surface area (Å²) in [5.74, 6) is 2.60. The predicted octanol–water partition coefficient (Wildman–Crippen LogP) is 4.04. The number of hydrogen-bond acceptors (Lipinski definition) is 6. The van der Waals surface area contributed by atoms with Crippen molar-refractivity contribution in [1.29, 1.82) is 5.41 Å². The van der Waals surface area contributed by atoms with Crippen LogP contribution in [0.4, 0.5) is 0 Å². The number of allylic oxidation sites excluding steroid dienone is 2. The lowest BCUT2D eigenvalue weighted by molar-refractivity contribution is -0.140. The zero-order valence-electron chi connectivity index (χ0n) is 26.2. The molecule has 3 heterocycles. The number of nitrogens with one attached hydrogen (secondary N) is 3. The highest BCUT2D eigenvalue weighted by molar-refractivity contribution is 6.00. The molecule has 10 nitrogen and oxygen atoms in total. The number of likely N-dealkylation sites (N-methyl/N-ethyl adjacent to an activating group) is 1. The summed E-state index contributed by atoms with van der Waals surface area (Å²) < 4.78 is 12.1. The molecule has 0 radical (unpaired) electrons. The second kappa shape index (κ2) is 12.2. The SMILES string of the molecule is C#CC1=C(/C=C\C)[C@@H](NC(=O)c2ccc3c(c2)C(N2C(=N)NC(CC)(CC)CC2=O)CC(C(=O)N(C)C)O3)CC(C)(C)O1. The number of ether oxygens (including phenoxy) is 2. The minimum absolute atomic E-state index is 0.0175. The minimum atomic E-state index is -0.850. The van der Waals surface area contributed by atoms with Crippen molar-refractivity contribution in [2.75, 3.05) is 14.1 Å². The Morgan fingerprint density at radius 2 is 1.98 bits per heavy atom. The Morgan fingerprint density at radius 3 is 2.56 bits per heavy atom. The number of rotatable bonds is 7. The van der Waals surface area contributed by atoms with E-state index in [4.69, 9.17) is 21.3 Å². The summed E-state index contributed by atoms with van der Waals surface area (Å²) in [7, 11) is 3.30. The standard InChI is InChI=1S/C33H43N5O5/c1-9-13-21-23(18-32(5,6)43-25(21)10-2)35-29(40)20-14-15-26-22(16-20)24(17-27(42-26)30(41)37(7)8)38-28(39)19-33(11-3,12-4)36-31(38)34/h2,9,13-16,23-24,27H,11-12,17-19H2,1,3-8H3,(H2,34,36)(H,35,40)/b13-9-/t23-,24?,27?/m0/s1. The monoisotopic (exact) mass is 589 g/mol. The smallest absolute Gasteiger partial charge is 0.263 e. The highest BCUT2D eigenvalue weighted by Crippen LogP contribution is 2.42.